The second-order valence-corrected chi connectivity index (χ2v) is 5.10. The third-order valence-electron chi connectivity index (χ3n) is 3.50. The monoisotopic (exact) mass is 330 g/mol. The molecule has 0 saturated carbocycles. The van der Waals surface area contributed by atoms with Crippen molar-refractivity contribution < 1.29 is 23.7 Å². The van der Waals surface area contributed by atoms with Crippen LogP contribution >= 0.6 is 0 Å². The van der Waals surface area contributed by atoms with Crippen LogP contribution < -0.4 is 29.6 Å². The van der Waals surface area contributed by atoms with Crippen LogP contribution in [0.3, 0.4) is 0 Å². The average Bonchev–Trinajstić information content (AvgIpc) is 3.07. The molecule has 0 saturated heterocycles. The van der Waals surface area contributed by atoms with Crippen molar-refractivity contribution in [3.8, 4) is 23.0 Å². The summed E-state index contributed by atoms with van der Waals surface area (Å²) in [7, 11) is 3.11. The lowest BCUT2D eigenvalue weighted by atomic mass is 10.2. The Hall–Kier alpha value is -3.09. The number of nitrogens with one attached hydrogen (secondary N) is 2. The second-order valence-electron chi connectivity index (χ2n) is 5.10. The number of carbonyl (C=O) groups excluding carboxylic acids is 1. The van der Waals surface area contributed by atoms with Crippen LogP contribution in [0.2, 0.25) is 0 Å². The largest absolute Gasteiger partial charge is 0.497 e. The van der Waals surface area contributed by atoms with E-state index < -0.39 is 0 Å². The summed E-state index contributed by atoms with van der Waals surface area (Å²) in [6.45, 7) is 0.591. The summed E-state index contributed by atoms with van der Waals surface area (Å²) in [5.74, 6) is 2.60. The molecule has 0 aromatic heterocycles. The van der Waals surface area contributed by atoms with Gasteiger partial charge in [0.1, 0.15) is 11.5 Å². The number of hydrogen-bond acceptors (Lipinski definition) is 5. The van der Waals surface area contributed by atoms with Crippen molar-refractivity contribution in [1.29, 1.82) is 0 Å². The zero-order chi connectivity index (χ0) is 16.9. The smallest absolute Gasteiger partial charge is 0.319 e. The van der Waals surface area contributed by atoms with E-state index in [0.29, 0.717) is 35.2 Å². The highest BCUT2D eigenvalue weighted by Crippen LogP contribution is 2.32. The molecule has 3 rings (SSSR count). The molecule has 0 radical (unpaired) electrons. The maximum absolute atomic E-state index is 12.1. The van der Waals surface area contributed by atoms with Gasteiger partial charge in [-0.25, -0.2) is 4.79 Å². The van der Waals surface area contributed by atoms with Crippen molar-refractivity contribution in [3.63, 3.8) is 0 Å². The van der Waals surface area contributed by atoms with Gasteiger partial charge < -0.3 is 29.6 Å². The van der Waals surface area contributed by atoms with Crippen molar-refractivity contribution in [3.05, 3.63) is 42.0 Å². The minimum Gasteiger partial charge on any atom is -0.497 e. The first-order chi connectivity index (χ1) is 11.7. The Balaban J connectivity index is 1.59. The number of amides is 2. The van der Waals surface area contributed by atoms with Crippen LogP contribution in [-0.4, -0.2) is 27.0 Å². The minimum absolute atomic E-state index is 0.227. The van der Waals surface area contributed by atoms with Crippen LogP contribution in [0, 0.1) is 0 Å². The van der Waals surface area contributed by atoms with Crippen molar-refractivity contribution in [2.24, 2.45) is 0 Å². The van der Waals surface area contributed by atoms with E-state index in [2.05, 4.69) is 10.6 Å². The second kappa shape index (κ2) is 6.99. The SMILES string of the molecule is COc1cc(NC(=O)NCc2ccc3c(c2)OCO3)cc(OC)c1. The fourth-order valence-electron chi connectivity index (χ4n) is 2.29. The van der Waals surface area contributed by atoms with Crippen LogP contribution in [0.5, 0.6) is 23.0 Å². The lowest BCUT2D eigenvalue weighted by Crippen LogP contribution is -2.28. The Labute approximate surface area is 139 Å². The van der Waals surface area contributed by atoms with E-state index in [0.717, 1.165) is 5.56 Å². The van der Waals surface area contributed by atoms with Gasteiger partial charge in [0, 0.05) is 30.4 Å². The van der Waals surface area contributed by atoms with Gasteiger partial charge in [-0.15, -0.1) is 0 Å². The number of methoxy groups -OCH3 is 2. The molecule has 126 valence electrons. The average molecular weight is 330 g/mol. The van der Waals surface area contributed by atoms with Crippen molar-refractivity contribution in [1.82, 2.24) is 5.32 Å². The number of ether oxygens (including phenoxy) is 4. The van der Waals surface area contributed by atoms with E-state index in [1.54, 1.807) is 32.4 Å². The highest BCUT2D eigenvalue weighted by atomic mass is 16.7. The standard InChI is InChI=1S/C17H18N2O5/c1-21-13-6-12(7-14(8-13)22-2)19-17(20)18-9-11-3-4-15-16(5-11)24-10-23-15/h3-8H,9-10H2,1-2H3,(H2,18,19,20). The van der Waals surface area contributed by atoms with Crippen LogP contribution in [-0.2, 0) is 6.54 Å². The van der Waals surface area contributed by atoms with Crippen LogP contribution in [0.25, 0.3) is 0 Å². The summed E-state index contributed by atoms with van der Waals surface area (Å²) < 4.78 is 20.9. The molecular weight excluding hydrogens is 312 g/mol. The van der Waals surface area contributed by atoms with E-state index in [-0.39, 0.29) is 12.8 Å². The molecule has 0 bridgehead atoms. The molecule has 2 amide bonds. The number of anilines is 1. The molecule has 2 N–H and O–H groups in total. The molecule has 1 heterocycles. The Morgan fingerprint density at radius 1 is 1.04 bits per heavy atom. The zero-order valence-corrected chi connectivity index (χ0v) is 13.4. The summed E-state index contributed by atoms with van der Waals surface area (Å²) in [6, 6.07) is 10.4. The van der Waals surface area contributed by atoms with Crippen molar-refractivity contribution in [2.75, 3.05) is 26.3 Å². The Morgan fingerprint density at radius 2 is 1.75 bits per heavy atom. The molecular formula is C17H18N2O5. The number of urea groups is 1. The van der Waals surface area contributed by atoms with Crippen molar-refractivity contribution in [2.45, 2.75) is 6.54 Å². The quantitative estimate of drug-likeness (QED) is 0.881. The first kappa shape index (κ1) is 15.8. The maximum atomic E-state index is 12.1. The van der Waals surface area contributed by atoms with Gasteiger partial charge in [-0.3, -0.25) is 0 Å². The van der Waals surface area contributed by atoms with Crippen LogP contribution in [0.1, 0.15) is 5.56 Å². The van der Waals surface area contributed by atoms with E-state index in [1.165, 1.54) is 0 Å². The lowest BCUT2D eigenvalue weighted by molar-refractivity contribution is 0.174. The van der Waals surface area contributed by atoms with Crippen LogP contribution in [0.4, 0.5) is 10.5 Å². The van der Waals surface area contributed by atoms with E-state index in [1.807, 2.05) is 18.2 Å². The number of fused-ring (bicyclic) bond motifs is 1. The number of hydrogen-bond donors (Lipinski definition) is 2. The summed E-state index contributed by atoms with van der Waals surface area (Å²) >= 11 is 0. The van der Waals surface area contributed by atoms with Gasteiger partial charge >= 0.3 is 6.03 Å². The molecule has 2 aromatic carbocycles. The lowest BCUT2D eigenvalue weighted by Gasteiger charge is -2.11. The molecule has 7 nitrogen and oxygen atoms in total. The molecule has 0 spiro atoms. The molecule has 0 aliphatic carbocycles. The highest BCUT2D eigenvalue weighted by molar-refractivity contribution is 5.89. The van der Waals surface area contributed by atoms with Gasteiger partial charge in [0.2, 0.25) is 6.79 Å². The number of rotatable bonds is 5. The molecule has 0 fully saturated rings. The summed E-state index contributed by atoms with van der Waals surface area (Å²) in [6.07, 6.45) is 0. The number of carbonyl (C=O) groups is 1. The summed E-state index contributed by atoms with van der Waals surface area (Å²) in [5, 5.41) is 5.53. The molecule has 1 aliphatic rings. The van der Waals surface area contributed by atoms with Gasteiger partial charge in [-0.05, 0) is 17.7 Å². The topological polar surface area (TPSA) is 78.1 Å². The predicted molar refractivity (Wildman–Crippen MR) is 88.0 cm³/mol. The Morgan fingerprint density at radius 3 is 2.46 bits per heavy atom. The van der Waals surface area contributed by atoms with E-state index >= 15 is 0 Å². The Bertz CT molecular complexity index is 726. The van der Waals surface area contributed by atoms with Gasteiger partial charge in [0.25, 0.3) is 0 Å². The van der Waals surface area contributed by atoms with Gasteiger partial charge in [0.05, 0.1) is 14.2 Å². The molecule has 2 aromatic rings. The molecule has 24 heavy (non-hydrogen) atoms. The molecule has 1 aliphatic heterocycles. The van der Waals surface area contributed by atoms with E-state index in [9.17, 15) is 4.79 Å². The molecule has 0 unspecified atom stereocenters. The van der Waals surface area contributed by atoms with Crippen molar-refractivity contribution >= 4 is 11.7 Å². The van der Waals surface area contributed by atoms with Gasteiger partial charge in [-0.1, -0.05) is 6.07 Å². The van der Waals surface area contributed by atoms with E-state index in [4.69, 9.17) is 18.9 Å². The fraction of sp³-hybridized carbons (Fsp3) is 0.235. The Kier molecular flexibility index (Phi) is 4.60. The van der Waals surface area contributed by atoms with Gasteiger partial charge in [-0.2, -0.15) is 0 Å². The highest BCUT2D eigenvalue weighted by Gasteiger charge is 2.13. The normalized spacial score (nSPS) is 11.8. The first-order valence-electron chi connectivity index (χ1n) is 7.34. The fourth-order valence-corrected chi connectivity index (χ4v) is 2.29. The third kappa shape index (κ3) is 3.62. The number of benzene rings is 2. The van der Waals surface area contributed by atoms with Gasteiger partial charge in [0.15, 0.2) is 11.5 Å². The summed E-state index contributed by atoms with van der Waals surface area (Å²) in [5.41, 5.74) is 1.49. The maximum Gasteiger partial charge on any atom is 0.319 e. The third-order valence-corrected chi connectivity index (χ3v) is 3.50. The zero-order valence-electron chi connectivity index (χ0n) is 13.4. The molecule has 0 atom stereocenters. The van der Waals surface area contributed by atoms with Crippen LogP contribution in [0.15, 0.2) is 36.4 Å². The summed E-state index contributed by atoms with van der Waals surface area (Å²) in [4.78, 5) is 12.1. The molecule has 7 heteroatoms. The predicted octanol–water partition coefficient (Wildman–Crippen LogP) is 2.75. The minimum atomic E-state index is -0.331. The first-order valence-corrected chi connectivity index (χ1v) is 7.34.